The molecule has 1 aromatic carbocycles. The van der Waals surface area contributed by atoms with Crippen LogP contribution in [-0.2, 0) is 11.3 Å². The van der Waals surface area contributed by atoms with Gasteiger partial charge in [0.15, 0.2) is 0 Å². The maximum atomic E-state index is 13.9. The summed E-state index contributed by atoms with van der Waals surface area (Å²) < 4.78 is 19.4. The van der Waals surface area contributed by atoms with Crippen LogP contribution >= 0.6 is 0 Å². The lowest BCUT2D eigenvalue weighted by Crippen LogP contribution is -2.53. The molecule has 0 aliphatic carbocycles. The van der Waals surface area contributed by atoms with Crippen LogP contribution in [0, 0.1) is 5.82 Å². The molecule has 1 heterocycles. The second-order valence-electron chi connectivity index (χ2n) is 6.01. The van der Waals surface area contributed by atoms with Crippen molar-refractivity contribution < 1.29 is 9.13 Å². The highest BCUT2D eigenvalue weighted by Crippen LogP contribution is 2.28. The first kappa shape index (κ1) is 15.3. The quantitative estimate of drug-likeness (QED) is 0.839. The molecule has 1 aromatic rings. The van der Waals surface area contributed by atoms with E-state index in [1.165, 1.54) is 0 Å². The van der Waals surface area contributed by atoms with E-state index in [0.717, 1.165) is 30.8 Å². The molecule has 1 saturated heterocycles. The van der Waals surface area contributed by atoms with Crippen molar-refractivity contribution in [3.05, 3.63) is 29.6 Å². The number of ether oxygens (including phenoxy) is 1. The molecular weight excluding hydrogens is 255 g/mol. The number of hydrogen-bond acceptors (Lipinski definition) is 3. The van der Waals surface area contributed by atoms with E-state index in [1.807, 2.05) is 0 Å². The second kappa shape index (κ2) is 6.55. The van der Waals surface area contributed by atoms with E-state index in [-0.39, 0.29) is 11.4 Å². The number of hydrogen-bond donors (Lipinski definition) is 1. The fourth-order valence-corrected chi connectivity index (χ4v) is 2.64. The van der Waals surface area contributed by atoms with Gasteiger partial charge in [-0.05, 0) is 50.6 Å². The summed E-state index contributed by atoms with van der Waals surface area (Å²) in [5.41, 5.74) is 1.85. The van der Waals surface area contributed by atoms with E-state index in [0.29, 0.717) is 19.8 Å². The molecule has 0 amide bonds. The zero-order valence-corrected chi connectivity index (χ0v) is 12.7. The van der Waals surface area contributed by atoms with Gasteiger partial charge in [0, 0.05) is 18.8 Å². The zero-order chi connectivity index (χ0) is 14.6. The van der Waals surface area contributed by atoms with E-state index < -0.39 is 0 Å². The van der Waals surface area contributed by atoms with E-state index >= 15 is 0 Å². The van der Waals surface area contributed by atoms with Gasteiger partial charge < -0.3 is 15.0 Å². The summed E-state index contributed by atoms with van der Waals surface area (Å²) in [5, 5.41) is 3.32. The fourth-order valence-electron chi connectivity index (χ4n) is 2.64. The minimum Gasteiger partial charge on any atom is -0.377 e. The van der Waals surface area contributed by atoms with Crippen molar-refractivity contribution in [3.63, 3.8) is 0 Å². The van der Waals surface area contributed by atoms with Crippen LogP contribution in [0.2, 0.25) is 0 Å². The molecule has 112 valence electrons. The third kappa shape index (κ3) is 3.70. The zero-order valence-electron chi connectivity index (χ0n) is 12.7. The minimum atomic E-state index is -0.168. The van der Waals surface area contributed by atoms with Crippen LogP contribution < -0.4 is 10.2 Å². The van der Waals surface area contributed by atoms with E-state index in [4.69, 9.17) is 4.74 Å². The maximum absolute atomic E-state index is 13.9. The Morgan fingerprint density at radius 3 is 2.85 bits per heavy atom. The summed E-state index contributed by atoms with van der Waals surface area (Å²) >= 11 is 0. The molecule has 2 rings (SSSR count). The molecule has 3 nitrogen and oxygen atoms in total. The molecule has 20 heavy (non-hydrogen) atoms. The van der Waals surface area contributed by atoms with Crippen molar-refractivity contribution in [2.24, 2.45) is 0 Å². The van der Waals surface area contributed by atoms with Crippen LogP contribution in [0.4, 0.5) is 10.1 Å². The third-order valence-corrected chi connectivity index (χ3v) is 3.66. The molecule has 0 saturated carbocycles. The van der Waals surface area contributed by atoms with E-state index in [1.54, 1.807) is 12.1 Å². The number of nitrogens with zero attached hydrogens (tertiary/aromatic N) is 1. The largest absolute Gasteiger partial charge is 0.377 e. The predicted molar refractivity (Wildman–Crippen MR) is 80.6 cm³/mol. The average molecular weight is 280 g/mol. The highest BCUT2D eigenvalue weighted by atomic mass is 19.1. The van der Waals surface area contributed by atoms with Crippen LogP contribution in [0.15, 0.2) is 18.2 Å². The van der Waals surface area contributed by atoms with Crippen molar-refractivity contribution in [1.29, 1.82) is 0 Å². The Bertz CT molecular complexity index is 448. The Morgan fingerprint density at radius 2 is 2.15 bits per heavy atom. The monoisotopic (exact) mass is 280 g/mol. The molecule has 0 radical (unpaired) electrons. The molecular formula is C16H25FN2O. The molecule has 0 atom stereocenters. The van der Waals surface area contributed by atoms with Crippen LogP contribution in [0.5, 0.6) is 0 Å². The first-order chi connectivity index (χ1) is 9.53. The summed E-state index contributed by atoms with van der Waals surface area (Å²) in [6.45, 7) is 10.2. The summed E-state index contributed by atoms with van der Waals surface area (Å²) in [5.74, 6) is -0.168. The molecule has 1 aliphatic heterocycles. The van der Waals surface area contributed by atoms with Gasteiger partial charge in [0.1, 0.15) is 5.82 Å². The van der Waals surface area contributed by atoms with Crippen LogP contribution in [0.1, 0.15) is 32.8 Å². The Balaban J connectivity index is 2.18. The Hall–Kier alpha value is -1.13. The molecule has 4 heteroatoms. The summed E-state index contributed by atoms with van der Waals surface area (Å²) in [6.07, 6.45) is 1.08. The van der Waals surface area contributed by atoms with Crippen LogP contribution in [0.25, 0.3) is 0 Å². The highest BCUT2D eigenvalue weighted by Gasteiger charge is 2.30. The maximum Gasteiger partial charge on any atom is 0.125 e. The Kier molecular flexibility index (Phi) is 5.00. The summed E-state index contributed by atoms with van der Waals surface area (Å²) in [4.78, 5) is 2.24. The number of benzene rings is 1. The molecule has 0 unspecified atom stereocenters. The van der Waals surface area contributed by atoms with E-state index in [9.17, 15) is 4.39 Å². The normalized spacial score (nSPS) is 18.3. The average Bonchev–Trinajstić information content (AvgIpc) is 2.38. The first-order valence-electron chi connectivity index (χ1n) is 7.38. The van der Waals surface area contributed by atoms with Crippen molar-refractivity contribution in [1.82, 2.24) is 5.32 Å². The van der Waals surface area contributed by atoms with Crippen molar-refractivity contribution >= 4 is 5.69 Å². The van der Waals surface area contributed by atoms with Crippen molar-refractivity contribution in [2.45, 2.75) is 39.3 Å². The van der Waals surface area contributed by atoms with Crippen LogP contribution in [-0.4, -0.2) is 31.8 Å². The van der Waals surface area contributed by atoms with Gasteiger partial charge in [0.25, 0.3) is 0 Å². The van der Waals surface area contributed by atoms with E-state index in [2.05, 4.69) is 37.1 Å². The SMILES string of the molecule is CCCNCc1cc(F)cc(N2CCOCC2(C)C)c1. The van der Waals surface area contributed by atoms with Gasteiger partial charge >= 0.3 is 0 Å². The van der Waals surface area contributed by atoms with Crippen molar-refractivity contribution in [3.8, 4) is 0 Å². The molecule has 1 fully saturated rings. The first-order valence-corrected chi connectivity index (χ1v) is 7.38. The number of anilines is 1. The van der Waals surface area contributed by atoms with Crippen LogP contribution in [0.3, 0.4) is 0 Å². The van der Waals surface area contributed by atoms with Gasteiger partial charge in [-0.25, -0.2) is 4.39 Å². The molecule has 1 N–H and O–H groups in total. The standard InChI is InChI=1S/C16H25FN2O/c1-4-5-18-11-13-8-14(17)10-15(9-13)19-6-7-20-12-16(19,2)3/h8-10,18H,4-7,11-12H2,1-3H3. The lowest BCUT2D eigenvalue weighted by molar-refractivity contribution is 0.0643. The summed E-state index contributed by atoms with van der Waals surface area (Å²) in [6, 6.07) is 5.31. The van der Waals surface area contributed by atoms with Gasteiger partial charge in [-0.1, -0.05) is 6.92 Å². The Morgan fingerprint density at radius 1 is 1.35 bits per heavy atom. The number of rotatable bonds is 5. The second-order valence-corrected chi connectivity index (χ2v) is 6.01. The smallest absolute Gasteiger partial charge is 0.125 e. The molecule has 1 aliphatic rings. The van der Waals surface area contributed by atoms with Gasteiger partial charge in [-0.2, -0.15) is 0 Å². The highest BCUT2D eigenvalue weighted by molar-refractivity contribution is 5.51. The number of nitrogens with one attached hydrogen (secondary N) is 1. The molecule has 0 spiro atoms. The third-order valence-electron chi connectivity index (χ3n) is 3.66. The fraction of sp³-hybridized carbons (Fsp3) is 0.625. The van der Waals surface area contributed by atoms with Gasteiger partial charge in [-0.15, -0.1) is 0 Å². The summed E-state index contributed by atoms with van der Waals surface area (Å²) in [7, 11) is 0. The number of morpholine rings is 1. The predicted octanol–water partition coefficient (Wildman–Crippen LogP) is 2.94. The topological polar surface area (TPSA) is 24.5 Å². The van der Waals surface area contributed by atoms with Crippen molar-refractivity contribution in [2.75, 3.05) is 31.2 Å². The molecule has 0 bridgehead atoms. The molecule has 0 aromatic heterocycles. The lowest BCUT2D eigenvalue weighted by atomic mass is 10.0. The Labute approximate surface area is 121 Å². The van der Waals surface area contributed by atoms with Gasteiger partial charge in [0.2, 0.25) is 0 Å². The van der Waals surface area contributed by atoms with Gasteiger partial charge in [-0.3, -0.25) is 0 Å². The minimum absolute atomic E-state index is 0.0971. The number of halogens is 1. The lowest BCUT2D eigenvalue weighted by Gasteiger charge is -2.44. The van der Waals surface area contributed by atoms with Gasteiger partial charge in [0.05, 0.1) is 18.8 Å².